The Hall–Kier alpha value is -4.63. The molecule has 4 aromatic rings. The van der Waals surface area contributed by atoms with Crippen molar-refractivity contribution < 1.29 is 24.5 Å². The van der Waals surface area contributed by atoms with Gasteiger partial charge < -0.3 is 14.9 Å². The second-order valence-corrected chi connectivity index (χ2v) is 8.20. The Bertz CT molecular complexity index is 1430. The number of carbonyl (C=O) groups is 2. The zero-order chi connectivity index (χ0) is 23.7. The molecule has 0 saturated heterocycles. The number of benzene rings is 3. The van der Waals surface area contributed by atoms with Gasteiger partial charge in [-0.05, 0) is 47.3 Å². The largest absolute Gasteiger partial charge is 0.511 e. The van der Waals surface area contributed by atoms with Gasteiger partial charge in [0.15, 0.2) is 5.71 Å². The van der Waals surface area contributed by atoms with E-state index < -0.39 is 6.16 Å². The molecule has 8 nitrogen and oxygen atoms in total. The fraction of sp³-hybridized carbons (Fsp3) is 0. The molecule has 1 aliphatic heterocycles. The van der Waals surface area contributed by atoms with Crippen LogP contribution in [-0.2, 0) is 4.79 Å². The van der Waals surface area contributed by atoms with Gasteiger partial charge in [0.1, 0.15) is 16.5 Å². The number of phenols is 1. The molecule has 0 bridgehead atoms. The summed E-state index contributed by atoms with van der Waals surface area (Å²) in [5.74, 6) is -0.247. The second-order valence-electron chi connectivity index (χ2n) is 7.28. The predicted octanol–water partition coefficient (Wildman–Crippen LogP) is 5.67. The highest BCUT2D eigenvalue weighted by atomic mass is 32.1. The van der Waals surface area contributed by atoms with Crippen LogP contribution in [0.15, 0.2) is 89.3 Å². The van der Waals surface area contributed by atoms with E-state index in [1.54, 1.807) is 35.2 Å². The summed E-state index contributed by atoms with van der Waals surface area (Å²) in [5, 5.41) is 26.7. The average Bonchev–Trinajstić information content (AvgIpc) is 3.44. The van der Waals surface area contributed by atoms with Gasteiger partial charge in [0.25, 0.3) is 5.91 Å². The molecule has 34 heavy (non-hydrogen) atoms. The number of nitrogens with one attached hydrogen (secondary N) is 1. The molecular formula is C25H17N3O5S. The average molecular weight is 471 g/mol. The summed E-state index contributed by atoms with van der Waals surface area (Å²) < 4.78 is 4.70. The molecule has 1 aliphatic rings. The van der Waals surface area contributed by atoms with Gasteiger partial charge in [-0.3, -0.25) is 15.1 Å². The second kappa shape index (κ2) is 8.72. The fourth-order valence-corrected chi connectivity index (χ4v) is 4.47. The Morgan fingerprint density at radius 1 is 0.971 bits per heavy atom. The molecule has 0 fully saturated rings. The quantitative estimate of drug-likeness (QED) is 0.150. The van der Waals surface area contributed by atoms with Crippen molar-refractivity contribution in [3.05, 3.63) is 89.8 Å². The summed E-state index contributed by atoms with van der Waals surface area (Å²) >= 11 is 1.45. The van der Waals surface area contributed by atoms with E-state index in [1.165, 1.54) is 23.5 Å². The van der Waals surface area contributed by atoms with Crippen LogP contribution in [0.5, 0.6) is 11.5 Å². The van der Waals surface area contributed by atoms with Crippen LogP contribution in [0.25, 0.3) is 11.1 Å². The maximum atomic E-state index is 13.2. The Morgan fingerprint density at radius 3 is 2.56 bits per heavy atom. The summed E-state index contributed by atoms with van der Waals surface area (Å²) in [6.07, 6.45) is -1.43. The number of para-hydroxylation sites is 2. The maximum Gasteiger partial charge on any atom is 0.511 e. The van der Waals surface area contributed by atoms with Gasteiger partial charge in [0.2, 0.25) is 0 Å². The number of rotatable bonds is 5. The van der Waals surface area contributed by atoms with Crippen molar-refractivity contribution in [2.24, 2.45) is 5.10 Å². The Morgan fingerprint density at radius 2 is 1.76 bits per heavy atom. The number of amides is 1. The number of thiophene rings is 1. The molecule has 9 heteroatoms. The van der Waals surface area contributed by atoms with Crippen molar-refractivity contribution in [1.82, 2.24) is 0 Å². The third kappa shape index (κ3) is 3.84. The number of hydrogen-bond donors (Lipinski definition) is 3. The van der Waals surface area contributed by atoms with Crippen molar-refractivity contribution in [1.29, 1.82) is 0 Å². The highest BCUT2D eigenvalue weighted by Crippen LogP contribution is 2.39. The van der Waals surface area contributed by atoms with Gasteiger partial charge in [0, 0.05) is 11.1 Å². The summed E-state index contributed by atoms with van der Waals surface area (Å²) in [5.41, 5.74) is 5.75. The number of aromatic hydroxyl groups is 1. The van der Waals surface area contributed by atoms with E-state index in [0.717, 1.165) is 10.7 Å². The van der Waals surface area contributed by atoms with E-state index in [2.05, 4.69) is 10.5 Å². The van der Waals surface area contributed by atoms with Gasteiger partial charge in [-0.2, -0.15) is 5.10 Å². The standard InChI is InChI=1S/C25H17N3O5S/c29-23-17(15-6-3-7-16(14-15)33-25(31)32)9-4-10-19(23)26-27-22-18-8-1-2-11-20(18)28(24(22)30)21-12-5-13-34-21/h1-14,26,29H,(H,31,32). The number of hydrogen-bond acceptors (Lipinski definition) is 7. The first-order valence-electron chi connectivity index (χ1n) is 10.2. The molecule has 0 radical (unpaired) electrons. The SMILES string of the molecule is O=C(O)Oc1cccc(-c2cccc(NN=C3C(=O)N(c4cccs4)c4ccccc43)c2O)c1. The third-order valence-corrected chi connectivity index (χ3v) is 6.06. The zero-order valence-electron chi connectivity index (χ0n) is 17.5. The molecule has 0 saturated carbocycles. The van der Waals surface area contributed by atoms with Gasteiger partial charge in [0.05, 0.1) is 11.4 Å². The highest BCUT2D eigenvalue weighted by Gasteiger charge is 2.35. The lowest BCUT2D eigenvalue weighted by Gasteiger charge is -2.13. The lowest BCUT2D eigenvalue weighted by Crippen LogP contribution is -2.25. The zero-order valence-corrected chi connectivity index (χ0v) is 18.3. The van der Waals surface area contributed by atoms with E-state index >= 15 is 0 Å². The minimum absolute atomic E-state index is 0.104. The normalized spacial score (nSPS) is 13.7. The number of ether oxygens (including phenoxy) is 1. The van der Waals surface area contributed by atoms with Crippen LogP contribution >= 0.6 is 11.3 Å². The van der Waals surface area contributed by atoms with Crippen LogP contribution in [0.4, 0.5) is 21.2 Å². The van der Waals surface area contributed by atoms with Gasteiger partial charge in [-0.25, -0.2) is 4.79 Å². The number of anilines is 3. The number of fused-ring (bicyclic) bond motifs is 1. The van der Waals surface area contributed by atoms with Crippen molar-refractivity contribution >= 4 is 45.5 Å². The number of carboxylic acid groups (broad SMARTS) is 1. The molecule has 1 aromatic heterocycles. The van der Waals surface area contributed by atoms with Crippen molar-refractivity contribution in [3.63, 3.8) is 0 Å². The molecule has 1 amide bonds. The lowest BCUT2D eigenvalue weighted by molar-refractivity contribution is -0.111. The molecular weight excluding hydrogens is 454 g/mol. The third-order valence-electron chi connectivity index (χ3n) is 5.21. The van der Waals surface area contributed by atoms with E-state index in [1.807, 2.05) is 41.8 Å². The molecule has 2 heterocycles. The van der Waals surface area contributed by atoms with Crippen molar-refractivity contribution in [3.8, 4) is 22.6 Å². The molecule has 3 N–H and O–H groups in total. The first-order valence-corrected chi connectivity index (χ1v) is 11.0. The summed E-state index contributed by atoms with van der Waals surface area (Å²) in [6, 6.07) is 22.5. The van der Waals surface area contributed by atoms with Crippen LogP contribution in [0.2, 0.25) is 0 Å². The highest BCUT2D eigenvalue weighted by molar-refractivity contribution is 7.14. The predicted molar refractivity (Wildman–Crippen MR) is 130 cm³/mol. The number of phenolic OH excluding ortho intramolecular Hbond substituents is 1. The van der Waals surface area contributed by atoms with E-state index in [-0.39, 0.29) is 28.8 Å². The molecule has 0 spiro atoms. The Labute approximate surface area is 198 Å². The molecule has 3 aromatic carbocycles. The van der Waals surface area contributed by atoms with E-state index in [0.29, 0.717) is 16.7 Å². The smallest absolute Gasteiger partial charge is 0.505 e. The van der Waals surface area contributed by atoms with Crippen LogP contribution in [-0.4, -0.2) is 28.0 Å². The van der Waals surface area contributed by atoms with Crippen molar-refractivity contribution in [2.75, 3.05) is 10.3 Å². The van der Waals surface area contributed by atoms with E-state index in [4.69, 9.17) is 9.84 Å². The lowest BCUT2D eigenvalue weighted by atomic mass is 10.0. The van der Waals surface area contributed by atoms with Crippen LogP contribution < -0.4 is 15.1 Å². The summed E-state index contributed by atoms with van der Waals surface area (Å²) in [4.78, 5) is 25.7. The molecule has 0 unspecified atom stereocenters. The number of hydrazone groups is 1. The number of carbonyl (C=O) groups excluding carboxylic acids is 1. The molecule has 0 aliphatic carbocycles. The van der Waals surface area contributed by atoms with Crippen LogP contribution in [0.1, 0.15) is 5.56 Å². The molecule has 5 rings (SSSR count). The summed E-state index contributed by atoms with van der Waals surface area (Å²) in [6.45, 7) is 0. The Balaban J connectivity index is 1.48. The molecule has 0 atom stereocenters. The van der Waals surface area contributed by atoms with Gasteiger partial charge in [-0.15, -0.1) is 11.3 Å². The number of nitrogens with zero attached hydrogens (tertiary/aromatic N) is 2. The van der Waals surface area contributed by atoms with Crippen LogP contribution in [0, 0.1) is 0 Å². The van der Waals surface area contributed by atoms with E-state index in [9.17, 15) is 14.7 Å². The maximum absolute atomic E-state index is 13.2. The summed E-state index contributed by atoms with van der Waals surface area (Å²) in [7, 11) is 0. The fourth-order valence-electron chi connectivity index (χ4n) is 3.73. The van der Waals surface area contributed by atoms with Gasteiger partial charge in [-0.1, -0.05) is 42.5 Å². The first kappa shape index (κ1) is 21.2. The van der Waals surface area contributed by atoms with Gasteiger partial charge >= 0.3 is 6.16 Å². The topological polar surface area (TPSA) is 111 Å². The Kier molecular flexibility index (Phi) is 5.44. The van der Waals surface area contributed by atoms with Crippen molar-refractivity contribution in [2.45, 2.75) is 0 Å². The minimum Gasteiger partial charge on any atom is -0.505 e. The first-order chi connectivity index (χ1) is 16.5. The monoisotopic (exact) mass is 471 g/mol. The minimum atomic E-state index is -1.43. The van der Waals surface area contributed by atoms with Crippen LogP contribution in [0.3, 0.4) is 0 Å². The molecule has 168 valence electrons.